The van der Waals surface area contributed by atoms with Crippen LogP contribution in [-0.2, 0) is 14.3 Å². The first kappa shape index (κ1) is 26.5. The Labute approximate surface area is 211 Å². The Hall–Kier alpha value is -2.55. The lowest BCUT2D eigenvalue weighted by Gasteiger charge is -2.40. The van der Waals surface area contributed by atoms with Crippen LogP contribution >= 0.6 is 0 Å². The van der Waals surface area contributed by atoms with E-state index >= 15 is 0 Å². The Morgan fingerprint density at radius 3 is 2.39 bits per heavy atom. The molecular formula is C27H37F2N3O4. The summed E-state index contributed by atoms with van der Waals surface area (Å²) in [6.07, 6.45) is 4.66. The normalized spacial score (nSPS) is 25.9. The number of hydrogen-bond donors (Lipinski definition) is 1. The van der Waals surface area contributed by atoms with Gasteiger partial charge in [-0.1, -0.05) is 12.1 Å². The minimum absolute atomic E-state index is 0.0332. The van der Waals surface area contributed by atoms with Gasteiger partial charge in [0.05, 0.1) is 0 Å². The number of benzene rings is 1. The predicted molar refractivity (Wildman–Crippen MR) is 131 cm³/mol. The van der Waals surface area contributed by atoms with Gasteiger partial charge in [-0.3, -0.25) is 19.3 Å². The van der Waals surface area contributed by atoms with Crippen LogP contribution in [0.2, 0.25) is 0 Å². The van der Waals surface area contributed by atoms with Gasteiger partial charge >= 0.3 is 5.97 Å². The minimum atomic E-state index is -2.61. The molecule has 9 heteroatoms. The topological polar surface area (TPSA) is 92.9 Å². The Bertz CT molecular complexity index is 948. The van der Waals surface area contributed by atoms with E-state index in [-0.39, 0.29) is 31.3 Å². The van der Waals surface area contributed by atoms with Crippen molar-refractivity contribution in [1.82, 2.24) is 9.80 Å². The fourth-order valence-corrected chi connectivity index (χ4v) is 6.26. The molecule has 1 saturated carbocycles. The Balaban J connectivity index is 1.37. The summed E-state index contributed by atoms with van der Waals surface area (Å²) < 4.78 is 32.2. The van der Waals surface area contributed by atoms with Gasteiger partial charge in [0.2, 0.25) is 11.8 Å². The first-order valence-electron chi connectivity index (χ1n) is 13.1. The smallest absolute Gasteiger partial charge is 0.303 e. The fraction of sp³-hybridized carbons (Fsp3) is 0.667. The zero-order valence-electron chi connectivity index (χ0n) is 21.0. The third-order valence-electron chi connectivity index (χ3n) is 8.22. The maximum atomic E-state index is 13.6. The third kappa shape index (κ3) is 6.60. The van der Waals surface area contributed by atoms with Crippen LogP contribution in [0.1, 0.15) is 80.1 Å². The number of hydrogen-bond acceptors (Lipinski definition) is 5. The number of nitrogens with zero attached hydrogens (tertiary/aromatic N) is 2. The van der Waals surface area contributed by atoms with Crippen molar-refractivity contribution >= 4 is 17.8 Å². The van der Waals surface area contributed by atoms with Gasteiger partial charge < -0.3 is 15.4 Å². The van der Waals surface area contributed by atoms with Crippen molar-refractivity contribution in [2.45, 2.75) is 82.2 Å². The van der Waals surface area contributed by atoms with E-state index in [4.69, 9.17) is 10.5 Å². The molecule has 2 saturated heterocycles. The average Bonchev–Trinajstić information content (AvgIpc) is 3.07. The van der Waals surface area contributed by atoms with E-state index in [9.17, 15) is 23.2 Å². The molecule has 2 atom stereocenters. The van der Waals surface area contributed by atoms with Crippen molar-refractivity contribution in [2.24, 2.45) is 11.7 Å². The van der Waals surface area contributed by atoms with Gasteiger partial charge in [0, 0.05) is 57.0 Å². The number of carbonyl (C=O) groups excluding carboxylic acids is 3. The number of nitrogens with two attached hydrogens (primary N) is 1. The van der Waals surface area contributed by atoms with Crippen LogP contribution in [0.3, 0.4) is 0 Å². The van der Waals surface area contributed by atoms with Crippen LogP contribution in [0.5, 0.6) is 0 Å². The highest BCUT2D eigenvalue weighted by molar-refractivity contribution is 5.92. The molecule has 2 unspecified atom stereocenters. The molecule has 2 N–H and O–H groups in total. The number of alkyl halides is 2. The maximum Gasteiger partial charge on any atom is 0.303 e. The summed E-state index contributed by atoms with van der Waals surface area (Å²) in [6, 6.07) is 8.39. The molecular weight excluding hydrogens is 468 g/mol. The number of piperidine rings is 1. The number of carbonyl (C=O) groups is 3. The summed E-state index contributed by atoms with van der Waals surface area (Å²) in [5, 5.41) is 0. The second-order valence-corrected chi connectivity index (χ2v) is 10.7. The monoisotopic (exact) mass is 505 g/mol. The first-order chi connectivity index (χ1) is 17.1. The predicted octanol–water partition coefficient (Wildman–Crippen LogP) is 3.71. The number of primary amides is 1. The zero-order valence-corrected chi connectivity index (χ0v) is 21.0. The van der Waals surface area contributed by atoms with E-state index in [1.165, 1.54) is 6.92 Å². The summed E-state index contributed by atoms with van der Waals surface area (Å²) in [5.74, 6) is -3.41. The quantitative estimate of drug-likeness (QED) is 0.517. The van der Waals surface area contributed by atoms with Crippen LogP contribution < -0.4 is 5.73 Å². The lowest BCUT2D eigenvalue weighted by molar-refractivity contribution is -0.151. The molecule has 1 aromatic carbocycles. The lowest BCUT2D eigenvalue weighted by atomic mass is 9.84. The summed E-state index contributed by atoms with van der Waals surface area (Å²) in [6.45, 7) is 2.56. The zero-order chi connectivity index (χ0) is 25.9. The minimum Gasteiger partial charge on any atom is -0.456 e. The fourth-order valence-electron chi connectivity index (χ4n) is 6.26. The molecule has 4 rings (SSSR count). The van der Waals surface area contributed by atoms with Crippen LogP contribution in [0.25, 0.3) is 0 Å². The molecule has 0 aromatic heterocycles. The third-order valence-corrected chi connectivity index (χ3v) is 8.22. The number of ether oxygens (including phenoxy) is 1. The Kier molecular flexibility index (Phi) is 8.27. The van der Waals surface area contributed by atoms with Gasteiger partial charge in [-0.25, -0.2) is 8.78 Å². The van der Waals surface area contributed by atoms with E-state index < -0.39 is 17.8 Å². The lowest BCUT2D eigenvalue weighted by Crippen LogP contribution is -2.48. The van der Waals surface area contributed by atoms with Crippen molar-refractivity contribution < 1.29 is 27.9 Å². The van der Waals surface area contributed by atoms with Crippen LogP contribution in [-0.4, -0.2) is 71.8 Å². The van der Waals surface area contributed by atoms with E-state index in [0.29, 0.717) is 56.0 Å². The summed E-state index contributed by atoms with van der Waals surface area (Å²) in [4.78, 5) is 39.9. The first-order valence-corrected chi connectivity index (χ1v) is 13.1. The molecule has 2 aliphatic heterocycles. The molecule has 3 aliphatic rings. The van der Waals surface area contributed by atoms with E-state index in [1.807, 2.05) is 12.1 Å². The molecule has 3 fully saturated rings. The number of amides is 2. The highest BCUT2D eigenvalue weighted by atomic mass is 19.3. The SMILES string of the molecule is CC(=O)OCC(=O)N(CCN1C2CCC1CC(c1cccc(C(N)=O)c1)C2)CC1CCC(F)(F)CC1. The van der Waals surface area contributed by atoms with Gasteiger partial charge in [0.1, 0.15) is 0 Å². The van der Waals surface area contributed by atoms with E-state index in [1.54, 1.807) is 11.0 Å². The van der Waals surface area contributed by atoms with Gasteiger partial charge in [-0.15, -0.1) is 0 Å². The van der Waals surface area contributed by atoms with Gasteiger partial charge in [-0.2, -0.15) is 0 Å². The number of halogens is 2. The van der Waals surface area contributed by atoms with Crippen LogP contribution in [0, 0.1) is 5.92 Å². The maximum absolute atomic E-state index is 13.6. The standard InChI is InChI=1S/C27H37F2N3O4/c1-18(33)36-17-25(34)31(16-19-7-9-27(28,29)10-8-19)11-12-32-23-5-6-24(32)15-22(14-23)20-3-2-4-21(13-20)26(30)35/h2-4,13,19,22-24H,5-12,14-17H2,1H3,(H2,30,35). The van der Waals surface area contributed by atoms with Gasteiger partial charge in [-0.05, 0) is 68.1 Å². The van der Waals surface area contributed by atoms with Gasteiger partial charge in [0.25, 0.3) is 5.91 Å². The molecule has 0 spiro atoms. The van der Waals surface area contributed by atoms with Crippen molar-refractivity contribution in [3.63, 3.8) is 0 Å². The summed E-state index contributed by atoms with van der Waals surface area (Å²) in [5.41, 5.74) is 7.15. The number of esters is 1. The average molecular weight is 506 g/mol. The second kappa shape index (κ2) is 11.2. The Morgan fingerprint density at radius 2 is 1.78 bits per heavy atom. The number of fused-ring (bicyclic) bond motifs is 2. The second-order valence-electron chi connectivity index (χ2n) is 10.7. The van der Waals surface area contributed by atoms with Crippen molar-refractivity contribution in [3.8, 4) is 0 Å². The molecule has 36 heavy (non-hydrogen) atoms. The van der Waals surface area contributed by atoms with Gasteiger partial charge in [0.15, 0.2) is 6.61 Å². The molecule has 2 bridgehead atoms. The molecule has 198 valence electrons. The molecule has 1 aliphatic carbocycles. The van der Waals surface area contributed by atoms with Crippen molar-refractivity contribution in [2.75, 3.05) is 26.2 Å². The summed E-state index contributed by atoms with van der Waals surface area (Å²) in [7, 11) is 0. The molecule has 2 heterocycles. The molecule has 0 radical (unpaired) electrons. The Morgan fingerprint density at radius 1 is 1.11 bits per heavy atom. The van der Waals surface area contributed by atoms with E-state index in [0.717, 1.165) is 31.2 Å². The highest BCUT2D eigenvalue weighted by Gasteiger charge is 2.41. The van der Waals surface area contributed by atoms with Crippen LogP contribution in [0.4, 0.5) is 8.78 Å². The summed E-state index contributed by atoms with van der Waals surface area (Å²) >= 11 is 0. The number of rotatable bonds is 9. The van der Waals surface area contributed by atoms with Crippen LogP contribution in [0.15, 0.2) is 24.3 Å². The van der Waals surface area contributed by atoms with Crippen molar-refractivity contribution in [1.29, 1.82) is 0 Å². The molecule has 7 nitrogen and oxygen atoms in total. The highest BCUT2D eigenvalue weighted by Crippen LogP contribution is 2.43. The van der Waals surface area contributed by atoms with E-state index in [2.05, 4.69) is 11.0 Å². The van der Waals surface area contributed by atoms with Crippen molar-refractivity contribution in [3.05, 3.63) is 35.4 Å². The molecule has 2 amide bonds. The molecule has 1 aromatic rings. The largest absolute Gasteiger partial charge is 0.456 e.